The van der Waals surface area contributed by atoms with E-state index in [9.17, 15) is 14.7 Å². The summed E-state index contributed by atoms with van der Waals surface area (Å²) < 4.78 is 6.03. The number of hydrogen-bond donors (Lipinski definition) is 2. The number of halogens is 1. The molecular formula is C22H30ClN3O4. The average molecular weight is 436 g/mol. The van der Waals surface area contributed by atoms with Crippen molar-refractivity contribution in [2.75, 3.05) is 26.2 Å². The first-order valence-electron chi connectivity index (χ1n) is 9.90. The summed E-state index contributed by atoms with van der Waals surface area (Å²) in [4.78, 5) is 24.2. The number of rotatable bonds is 5. The minimum Gasteiger partial charge on any atom is -0.503 e. The van der Waals surface area contributed by atoms with Crippen molar-refractivity contribution in [2.24, 2.45) is 0 Å². The quantitative estimate of drug-likeness (QED) is 0.702. The van der Waals surface area contributed by atoms with Crippen molar-refractivity contribution in [1.29, 1.82) is 0 Å². The fourth-order valence-electron chi connectivity index (χ4n) is 2.92. The largest absolute Gasteiger partial charge is 0.503 e. The van der Waals surface area contributed by atoms with Crippen molar-refractivity contribution in [3.63, 3.8) is 0 Å². The number of nitrogens with zero attached hydrogens (tertiary/aromatic N) is 2. The third-order valence-electron chi connectivity index (χ3n) is 4.53. The lowest BCUT2D eigenvalue weighted by Gasteiger charge is -2.27. The van der Waals surface area contributed by atoms with Crippen LogP contribution in [-0.2, 0) is 22.6 Å². The maximum absolute atomic E-state index is 12.4. The highest BCUT2D eigenvalue weighted by Crippen LogP contribution is 2.18. The first kappa shape index (κ1) is 23.9. The second-order valence-electron chi connectivity index (χ2n) is 8.07. The van der Waals surface area contributed by atoms with Crippen LogP contribution in [0.15, 0.2) is 41.3 Å². The molecule has 1 fully saturated rings. The summed E-state index contributed by atoms with van der Waals surface area (Å²) in [6.07, 6.45) is 1.73. The summed E-state index contributed by atoms with van der Waals surface area (Å²) in [5, 5.41) is 14.1. The molecule has 30 heavy (non-hydrogen) atoms. The Hall–Kier alpha value is -2.35. The number of piperazine rings is 1. The zero-order valence-electron chi connectivity index (χ0n) is 17.7. The van der Waals surface area contributed by atoms with E-state index < -0.39 is 0 Å². The molecule has 1 aliphatic rings. The SMILES string of the molecule is CC(C)(C)OC=O.O=c1c(O)c(CN2CCNCC2)ccn1Cc1ccccc1Cl. The van der Waals surface area contributed by atoms with E-state index in [0.717, 1.165) is 31.7 Å². The van der Waals surface area contributed by atoms with Crippen molar-refractivity contribution < 1.29 is 14.6 Å². The van der Waals surface area contributed by atoms with Gasteiger partial charge in [-0.2, -0.15) is 0 Å². The molecule has 7 nitrogen and oxygen atoms in total. The molecule has 3 rings (SSSR count). The highest BCUT2D eigenvalue weighted by molar-refractivity contribution is 6.31. The van der Waals surface area contributed by atoms with Gasteiger partial charge in [-0.25, -0.2) is 0 Å². The number of ether oxygens (including phenoxy) is 1. The third kappa shape index (κ3) is 7.48. The van der Waals surface area contributed by atoms with Crippen LogP contribution in [-0.4, -0.2) is 52.8 Å². The Labute approximate surface area is 182 Å². The molecule has 0 amide bonds. The van der Waals surface area contributed by atoms with Crippen LogP contribution < -0.4 is 10.9 Å². The van der Waals surface area contributed by atoms with Crippen molar-refractivity contribution in [1.82, 2.24) is 14.8 Å². The molecule has 1 saturated heterocycles. The zero-order chi connectivity index (χ0) is 22.1. The third-order valence-corrected chi connectivity index (χ3v) is 4.90. The molecule has 0 unspecified atom stereocenters. The van der Waals surface area contributed by atoms with Crippen LogP contribution in [0, 0.1) is 0 Å². The standard InChI is InChI=1S/C17H20ClN3O2.C5H10O2/c18-15-4-2-1-3-13(15)12-21-8-5-14(16(22)17(21)23)11-20-9-6-19-7-10-20;1-5(2,3)7-4-6/h1-5,8,19,22H,6-7,9-12H2;4H,1-3H3. The van der Waals surface area contributed by atoms with Crippen molar-refractivity contribution >= 4 is 18.1 Å². The minimum atomic E-state index is -0.377. The number of aromatic nitrogens is 1. The van der Waals surface area contributed by atoms with E-state index in [1.54, 1.807) is 12.3 Å². The Morgan fingerprint density at radius 1 is 1.13 bits per heavy atom. The van der Waals surface area contributed by atoms with E-state index in [1.165, 1.54) is 4.57 Å². The number of carbonyl (C=O) groups is 1. The van der Waals surface area contributed by atoms with E-state index in [2.05, 4.69) is 15.0 Å². The Balaban J connectivity index is 0.000000396. The Morgan fingerprint density at radius 2 is 1.80 bits per heavy atom. The van der Waals surface area contributed by atoms with Gasteiger partial charge < -0.3 is 19.7 Å². The Morgan fingerprint density at radius 3 is 2.37 bits per heavy atom. The topological polar surface area (TPSA) is 83.8 Å². The normalized spacial score (nSPS) is 14.5. The van der Waals surface area contributed by atoms with E-state index >= 15 is 0 Å². The molecule has 8 heteroatoms. The van der Waals surface area contributed by atoms with Crippen LogP contribution in [0.3, 0.4) is 0 Å². The molecule has 0 atom stereocenters. The monoisotopic (exact) mass is 435 g/mol. The van der Waals surface area contributed by atoms with Gasteiger partial charge in [0.15, 0.2) is 5.75 Å². The second-order valence-corrected chi connectivity index (χ2v) is 8.47. The van der Waals surface area contributed by atoms with Gasteiger partial charge in [-0.05, 0) is 38.5 Å². The Kier molecular flexibility index (Phi) is 8.89. The Bertz CT molecular complexity index is 887. The molecule has 1 aliphatic heterocycles. The smallest absolute Gasteiger partial charge is 0.293 e. The van der Waals surface area contributed by atoms with Gasteiger partial charge >= 0.3 is 0 Å². The number of hydrogen-bond acceptors (Lipinski definition) is 6. The molecular weight excluding hydrogens is 406 g/mol. The van der Waals surface area contributed by atoms with Crippen LogP contribution in [0.5, 0.6) is 5.75 Å². The summed E-state index contributed by atoms with van der Waals surface area (Å²) in [7, 11) is 0. The van der Waals surface area contributed by atoms with E-state index in [-0.39, 0.29) is 16.9 Å². The van der Waals surface area contributed by atoms with Gasteiger partial charge in [0, 0.05) is 49.5 Å². The molecule has 0 spiro atoms. The highest BCUT2D eigenvalue weighted by atomic mass is 35.5. The minimum absolute atomic E-state index is 0.168. The van der Waals surface area contributed by atoms with Gasteiger partial charge in [0.05, 0.1) is 6.54 Å². The number of pyridine rings is 1. The van der Waals surface area contributed by atoms with Crippen LogP contribution in [0.1, 0.15) is 31.9 Å². The molecule has 2 aromatic rings. The summed E-state index contributed by atoms with van der Waals surface area (Å²) in [6, 6.07) is 9.21. The molecule has 0 saturated carbocycles. The highest BCUT2D eigenvalue weighted by Gasteiger charge is 2.15. The number of carbonyl (C=O) groups excluding carboxylic acids is 1. The predicted octanol–water partition coefficient (Wildman–Crippen LogP) is 2.62. The lowest BCUT2D eigenvalue weighted by atomic mass is 10.2. The number of aromatic hydroxyl groups is 1. The fourth-order valence-corrected chi connectivity index (χ4v) is 3.11. The molecule has 2 heterocycles. The summed E-state index contributed by atoms with van der Waals surface area (Å²) in [5.41, 5.74) is 0.831. The summed E-state index contributed by atoms with van der Waals surface area (Å²) in [6.45, 7) is 10.6. The maximum Gasteiger partial charge on any atom is 0.293 e. The number of nitrogens with one attached hydrogen (secondary N) is 1. The van der Waals surface area contributed by atoms with Gasteiger partial charge in [-0.15, -0.1) is 0 Å². The van der Waals surface area contributed by atoms with E-state index in [0.29, 0.717) is 30.1 Å². The van der Waals surface area contributed by atoms with Crippen molar-refractivity contribution in [3.05, 3.63) is 63.0 Å². The first-order valence-corrected chi connectivity index (χ1v) is 10.3. The first-order chi connectivity index (χ1) is 14.2. The van der Waals surface area contributed by atoms with Crippen LogP contribution in [0.2, 0.25) is 5.02 Å². The molecule has 1 aromatic heterocycles. The maximum atomic E-state index is 12.4. The fraction of sp³-hybridized carbons (Fsp3) is 0.455. The molecule has 0 bridgehead atoms. The lowest BCUT2D eigenvalue weighted by molar-refractivity contribution is -0.138. The van der Waals surface area contributed by atoms with Gasteiger partial charge in [-0.3, -0.25) is 14.5 Å². The van der Waals surface area contributed by atoms with Gasteiger partial charge in [0.1, 0.15) is 5.60 Å². The van der Waals surface area contributed by atoms with E-state index in [4.69, 9.17) is 11.6 Å². The molecule has 164 valence electrons. The molecule has 2 N–H and O–H groups in total. The molecule has 0 radical (unpaired) electrons. The zero-order valence-corrected chi connectivity index (χ0v) is 18.5. The summed E-state index contributed by atoms with van der Waals surface area (Å²) >= 11 is 6.14. The average Bonchev–Trinajstić information content (AvgIpc) is 2.70. The van der Waals surface area contributed by atoms with Crippen molar-refractivity contribution in [3.8, 4) is 5.75 Å². The van der Waals surface area contributed by atoms with E-state index in [1.807, 2.05) is 45.0 Å². The van der Waals surface area contributed by atoms with Crippen LogP contribution in [0.25, 0.3) is 0 Å². The van der Waals surface area contributed by atoms with Gasteiger partial charge in [0.25, 0.3) is 12.0 Å². The van der Waals surface area contributed by atoms with Crippen LogP contribution in [0.4, 0.5) is 0 Å². The molecule has 1 aromatic carbocycles. The summed E-state index contributed by atoms with van der Waals surface area (Å²) in [5.74, 6) is -0.168. The van der Waals surface area contributed by atoms with Gasteiger partial charge in [0.2, 0.25) is 0 Å². The number of benzene rings is 1. The predicted molar refractivity (Wildman–Crippen MR) is 118 cm³/mol. The lowest BCUT2D eigenvalue weighted by Crippen LogP contribution is -2.43. The van der Waals surface area contributed by atoms with Crippen molar-refractivity contribution in [2.45, 2.75) is 39.5 Å². The second kappa shape index (κ2) is 11.2. The van der Waals surface area contributed by atoms with Crippen LogP contribution >= 0.6 is 11.6 Å². The molecule has 0 aliphatic carbocycles. The van der Waals surface area contributed by atoms with Gasteiger partial charge in [-0.1, -0.05) is 29.8 Å².